The molecule has 6 heteroatoms. The topological polar surface area (TPSA) is 71.5 Å². The first-order chi connectivity index (χ1) is 13.2. The predicted molar refractivity (Wildman–Crippen MR) is 104 cm³/mol. The molecule has 2 heterocycles. The van der Waals surface area contributed by atoms with Crippen LogP contribution in [0.5, 0.6) is 0 Å². The Morgan fingerprint density at radius 1 is 1.11 bits per heavy atom. The number of hydrogen-bond donors (Lipinski definition) is 1. The van der Waals surface area contributed by atoms with Crippen molar-refractivity contribution in [1.82, 2.24) is 9.88 Å². The first-order valence-electron chi connectivity index (χ1n) is 9.47. The Labute approximate surface area is 159 Å². The minimum atomic E-state index is -0.391. The summed E-state index contributed by atoms with van der Waals surface area (Å²) in [6, 6.07) is 10.6. The molecule has 1 fully saturated rings. The van der Waals surface area contributed by atoms with Crippen LogP contribution in [-0.4, -0.2) is 41.5 Å². The van der Waals surface area contributed by atoms with E-state index in [0.29, 0.717) is 29.2 Å². The Kier molecular flexibility index (Phi) is 6.41. The molecule has 1 amide bonds. The van der Waals surface area contributed by atoms with Crippen molar-refractivity contribution in [3.63, 3.8) is 0 Å². The molecule has 0 unspecified atom stereocenters. The summed E-state index contributed by atoms with van der Waals surface area (Å²) in [5, 5.41) is 3.14. The van der Waals surface area contributed by atoms with E-state index in [4.69, 9.17) is 4.74 Å². The van der Waals surface area contributed by atoms with Crippen LogP contribution in [0.3, 0.4) is 0 Å². The van der Waals surface area contributed by atoms with Gasteiger partial charge in [-0.3, -0.25) is 4.79 Å². The van der Waals surface area contributed by atoms with Crippen molar-refractivity contribution in [1.29, 1.82) is 0 Å². The smallest absolute Gasteiger partial charge is 0.340 e. The third-order valence-corrected chi connectivity index (χ3v) is 4.59. The monoisotopic (exact) mass is 367 g/mol. The number of pyridine rings is 1. The summed E-state index contributed by atoms with van der Waals surface area (Å²) >= 11 is 0. The first kappa shape index (κ1) is 18.9. The minimum absolute atomic E-state index is 0.0287. The number of benzene rings is 1. The average Bonchev–Trinajstić information content (AvgIpc) is 2.98. The van der Waals surface area contributed by atoms with E-state index in [1.165, 1.54) is 12.8 Å². The van der Waals surface area contributed by atoms with E-state index in [1.54, 1.807) is 43.5 Å². The van der Waals surface area contributed by atoms with Crippen LogP contribution in [0.4, 0.5) is 11.5 Å². The lowest BCUT2D eigenvalue weighted by molar-refractivity contribution is 0.0527. The summed E-state index contributed by atoms with van der Waals surface area (Å²) in [7, 11) is 0. The number of esters is 1. The Balaban J connectivity index is 1.78. The third-order valence-electron chi connectivity index (χ3n) is 4.59. The van der Waals surface area contributed by atoms with E-state index in [2.05, 4.69) is 10.3 Å². The molecule has 6 nitrogen and oxygen atoms in total. The number of likely N-dealkylation sites (tertiary alicyclic amines) is 1. The number of carbonyl (C=O) groups is 2. The Morgan fingerprint density at radius 3 is 2.59 bits per heavy atom. The highest BCUT2D eigenvalue weighted by Gasteiger charge is 2.18. The van der Waals surface area contributed by atoms with Gasteiger partial charge in [0.05, 0.1) is 17.9 Å². The van der Waals surface area contributed by atoms with Crippen molar-refractivity contribution in [2.45, 2.75) is 32.6 Å². The molecule has 1 aliphatic heterocycles. The normalized spacial score (nSPS) is 14.3. The predicted octanol–water partition coefficient (Wildman–Crippen LogP) is 4.02. The molecular weight excluding hydrogens is 342 g/mol. The van der Waals surface area contributed by atoms with Gasteiger partial charge in [-0.2, -0.15) is 0 Å². The van der Waals surface area contributed by atoms with E-state index in [1.807, 2.05) is 11.0 Å². The number of amides is 1. The van der Waals surface area contributed by atoms with Gasteiger partial charge >= 0.3 is 5.97 Å². The molecule has 1 saturated heterocycles. The van der Waals surface area contributed by atoms with Crippen LogP contribution in [0.2, 0.25) is 0 Å². The van der Waals surface area contributed by atoms with Crippen molar-refractivity contribution >= 4 is 23.4 Å². The van der Waals surface area contributed by atoms with Crippen LogP contribution < -0.4 is 5.32 Å². The second-order valence-corrected chi connectivity index (χ2v) is 6.53. The van der Waals surface area contributed by atoms with E-state index in [9.17, 15) is 9.59 Å². The molecule has 1 aromatic carbocycles. The summed E-state index contributed by atoms with van der Waals surface area (Å²) in [6.07, 6.45) is 6.07. The maximum Gasteiger partial charge on any atom is 0.340 e. The zero-order valence-corrected chi connectivity index (χ0v) is 15.6. The summed E-state index contributed by atoms with van der Waals surface area (Å²) in [6.45, 7) is 3.68. The lowest BCUT2D eigenvalue weighted by atomic mass is 10.1. The summed E-state index contributed by atoms with van der Waals surface area (Å²) in [5.74, 6) is 0.158. The van der Waals surface area contributed by atoms with Crippen LogP contribution in [0.25, 0.3) is 0 Å². The number of anilines is 2. The molecule has 2 aromatic rings. The van der Waals surface area contributed by atoms with Crippen LogP contribution in [0, 0.1) is 0 Å². The van der Waals surface area contributed by atoms with Gasteiger partial charge in [0.2, 0.25) is 0 Å². The fraction of sp³-hybridized carbons (Fsp3) is 0.381. The fourth-order valence-electron chi connectivity index (χ4n) is 3.21. The van der Waals surface area contributed by atoms with E-state index >= 15 is 0 Å². The highest BCUT2D eigenvalue weighted by molar-refractivity contribution is 5.97. The largest absolute Gasteiger partial charge is 0.462 e. The highest BCUT2D eigenvalue weighted by atomic mass is 16.5. The molecule has 0 saturated carbocycles. The van der Waals surface area contributed by atoms with E-state index in [-0.39, 0.29) is 5.91 Å². The van der Waals surface area contributed by atoms with Gasteiger partial charge < -0.3 is 15.0 Å². The number of aromatic nitrogens is 1. The van der Waals surface area contributed by atoms with Crippen molar-refractivity contribution < 1.29 is 14.3 Å². The van der Waals surface area contributed by atoms with Crippen molar-refractivity contribution in [3.8, 4) is 0 Å². The quantitative estimate of drug-likeness (QED) is 0.808. The van der Waals surface area contributed by atoms with Gasteiger partial charge in [-0.25, -0.2) is 9.78 Å². The molecule has 0 atom stereocenters. The van der Waals surface area contributed by atoms with Crippen LogP contribution in [0.15, 0.2) is 42.6 Å². The Hall–Kier alpha value is -2.89. The molecule has 1 N–H and O–H groups in total. The highest BCUT2D eigenvalue weighted by Crippen LogP contribution is 2.22. The summed E-state index contributed by atoms with van der Waals surface area (Å²) in [5.41, 5.74) is 1.64. The SMILES string of the molecule is CCOC(=O)c1ccccc1Nc1cc(C(=O)N2CCCCCC2)ccn1. The zero-order valence-electron chi connectivity index (χ0n) is 15.6. The maximum absolute atomic E-state index is 12.8. The number of rotatable bonds is 5. The second-order valence-electron chi connectivity index (χ2n) is 6.53. The maximum atomic E-state index is 12.8. The van der Waals surface area contributed by atoms with Gasteiger partial charge in [0.15, 0.2) is 0 Å². The van der Waals surface area contributed by atoms with Crippen molar-refractivity contribution in [2.75, 3.05) is 25.0 Å². The Morgan fingerprint density at radius 2 is 1.85 bits per heavy atom. The Bertz CT molecular complexity index is 799. The molecule has 0 aliphatic carbocycles. The van der Waals surface area contributed by atoms with Gasteiger partial charge in [-0.1, -0.05) is 25.0 Å². The molecule has 1 aromatic heterocycles. The number of carbonyl (C=O) groups excluding carboxylic acids is 2. The van der Waals surface area contributed by atoms with E-state index < -0.39 is 5.97 Å². The molecule has 27 heavy (non-hydrogen) atoms. The number of para-hydroxylation sites is 1. The van der Waals surface area contributed by atoms with E-state index in [0.717, 1.165) is 25.9 Å². The standard InChI is InChI=1S/C21H25N3O3/c1-2-27-21(26)17-9-5-6-10-18(17)23-19-15-16(11-12-22-19)20(25)24-13-7-3-4-8-14-24/h5-6,9-12,15H,2-4,7-8,13-14H2,1H3,(H,22,23). The van der Waals surface area contributed by atoms with Gasteiger partial charge in [0.25, 0.3) is 5.91 Å². The van der Waals surface area contributed by atoms with Crippen molar-refractivity contribution in [2.24, 2.45) is 0 Å². The second kappa shape index (κ2) is 9.16. The molecule has 0 spiro atoms. The third kappa shape index (κ3) is 4.84. The molecular formula is C21H25N3O3. The molecule has 1 aliphatic rings. The molecule has 3 rings (SSSR count). The average molecular weight is 367 g/mol. The minimum Gasteiger partial charge on any atom is -0.462 e. The van der Waals surface area contributed by atoms with Gasteiger partial charge in [-0.05, 0) is 44.0 Å². The van der Waals surface area contributed by atoms with Crippen molar-refractivity contribution in [3.05, 3.63) is 53.7 Å². The summed E-state index contributed by atoms with van der Waals surface area (Å²) < 4.78 is 5.10. The van der Waals surface area contributed by atoms with Gasteiger partial charge in [-0.15, -0.1) is 0 Å². The van der Waals surface area contributed by atoms with Gasteiger partial charge in [0, 0.05) is 24.8 Å². The number of ether oxygens (including phenoxy) is 1. The fourth-order valence-corrected chi connectivity index (χ4v) is 3.21. The van der Waals surface area contributed by atoms with Gasteiger partial charge in [0.1, 0.15) is 5.82 Å². The molecule has 0 bridgehead atoms. The number of nitrogens with zero attached hydrogens (tertiary/aromatic N) is 2. The molecule has 0 radical (unpaired) electrons. The number of nitrogens with one attached hydrogen (secondary N) is 1. The molecule has 142 valence electrons. The lowest BCUT2D eigenvalue weighted by Gasteiger charge is -2.20. The summed E-state index contributed by atoms with van der Waals surface area (Å²) in [4.78, 5) is 31.1. The first-order valence-corrected chi connectivity index (χ1v) is 9.47. The van der Waals surface area contributed by atoms with Crippen LogP contribution in [0.1, 0.15) is 53.3 Å². The zero-order chi connectivity index (χ0) is 19.1. The lowest BCUT2D eigenvalue weighted by Crippen LogP contribution is -2.31. The number of hydrogen-bond acceptors (Lipinski definition) is 5. The van der Waals surface area contributed by atoms with Crippen LogP contribution in [-0.2, 0) is 4.74 Å². The van der Waals surface area contributed by atoms with Crippen LogP contribution >= 0.6 is 0 Å².